The Morgan fingerprint density at radius 1 is 1.18 bits per heavy atom. The summed E-state index contributed by atoms with van der Waals surface area (Å²) in [5.74, 6) is 0. The third-order valence-electron chi connectivity index (χ3n) is 2.39. The number of anilines is 2. The highest BCUT2D eigenvalue weighted by molar-refractivity contribution is 7.80. The zero-order valence-corrected chi connectivity index (χ0v) is 10.2. The summed E-state index contributed by atoms with van der Waals surface area (Å²) in [6.45, 7) is 2.00. The second-order valence-electron chi connectivity index (χ2n) is 3.60. The molecule has 2 heterocycles. The second-order valence-corrected chi connectivity index (χ2v) is 4.04. The van der Waals surface area contributed by atoms with E-state index in [9.17, 15) is 0 Å². The molecule has 0 radical (unpaired) electrons. The minimum absolute atomic E-state index is 0.344. The highest BCUT2D eigenvalue weighted by Gasteiger charge is 2.06. The average molecular weight is 244 g/mol. The molecule has 0 saturated heterocycles. The Morgan fingerprint density at radius 3 is 2.47 bits per heavy atom. The highest BCUT2D eigenvalue weighted by atomic mass is 32.1. The van der Waals surface area contributed by atoms with Crippen LogP contribution in [-0.4, -0.2) is 15.0 Å². The molecule has 3 N–H and O–H groups in total. The number of aromatic nitrogens is 2. The van der Waals surface area contributed by atoms with Crippen LogP contribution in [0.2, 0.25) is 0 Å². The smallest absolute Gasteiger partial charge is 0.106 e. The van der Waals surface area contributed by atoms with E-state index in [0.717, 1.165) is 22.5 Å². The first kappa shape index (κ1) is 11.5. The molecule has 0 aliphatic rings. The van der Waals surface area contributed by atoms with Crippen molar-refractivity contribution in [3.05, 3.63) is 48.0 Å². The van der Waals surface area contributed by atoms with Gasteiger partial charge in [-0.1, -0.05) is 12.2 Å². The lowest BCUT2D eigenvalue weighted by molar-refractivity contribution is 1.26. The maximum Gasteiger partial charge on any atom is 0.106 e. The van der Waals surface area contributed by atoms with Gasteiger partial charge in [-0.15, -0.1) is 0 Å². The van der Waals surface area contributed by atoms with Crippen LogP contribution in [0.5, 0.6) is 0 Å². The van der Waals surface area contributed by atoms with Crippen LogP contribution in [0.25, 0.3) is 0 Å². The van der Waals surface area contributed by atoms with Crippen molar-refractivity contribution in [1.29, 1.82) is 0 Å². The van der Waals surface area contributed by atoms with E-state index in [1.165, 1.54) is 0 Å². The van der Waals surface area contributed by atoms with Gasteiger partial charge >= 0.3 is 0 Å². The van der Waals surface area contributed by atoms with Crippen molar-refractivity contribution in [2.75, 3.05) is 5.32 Å². The highest BCUT2D eigenvalue weighted by Crippen LogP contribution is 2.21. The van der Waals surface area contributed by atoms with Crippen LogP contribution in [0, 0.1) is 6.92 Å². The standard InChI is InChI=1S/C12H12N4S/c1-8-2-4-14-6-10(8)16-11-7-15-5-3-9(11)12(13)17/h2-7,16H,1H3,(H2,13,17). The Morgan fingerprint density at radius 2 is 1.82 bits per heavy atom. The molecule has 0 aliphatic heterocycles. The average Bonchev–Trinajstić information content (AvgIpc) is 2.32. The molecule has 0 amide bonds. The van der Waals surface area contributed by atoms with E-state index >= 15 is 0 Å². The summed E-state index contributed by atoms with van der Waals surface area (Å²) < 4.78 is 0. The monoisotopic (exact) mass is 244 g/mol. The predicted octanol–water partition coefficient (Wildman–Crippen LogP) is 2.16. The lowest BCUT2D eigenvalue weighted by Crippen LogP contribution is -2.12. The molecule has 5 heteroatoms. The van der Waals surface area contributed by atoms with Crippen LogP contribution < -0.4 is 11.1 Å². The molecule has 86 valence electrons. The van der Waals surface area contributed by atoms with Gasteiger partial charge in [0, 0.05) is 18.0 Å². The predicted molar refractivity (Wildman–Crippen MR) is 72.4 cm³/mol. The van der Waals surface area contributed by atoms with Gasteiger partial charge in [0.1, 0.15) is 4.99 Å². The summed E-state index contributed by atoms with van der Waals surface area (Å²) in [5.41, 5.74) is 9.23. The van der Waals surface area contributed by atoms with Crippen molar-refractivity contribution in [2.45, 2.75) is 6.92 Å². The fraction of sp³-hybridized carbons (Fsp3) is 0.0833. The molecule has 0 bridgehead atoms. The van der Waals surface area contributed by atoms with Gasteiger partial charge in [0.2, 0.25) is 0 Å². The number of nitrogens with zero attached hydrogens (tertiary/aromatic N) is 2. The van der Waals surface area contributed by atoms with Crippen LogP contribution in [0.4, 0.5) is 11.4 Å². The first-order valence-corrected chi connectivity index (χ1v) is 5.51. The van der Waals surface area contributed by atoms with Crippen molar-refractivity contribution in [2.24, 2.45) is 5.73 Å². The van der Waals surface area contributed by atoms with E-state index in [4.69, 9.17) is 18.0 Å². The van der Waals surface area contributed by atoms with E-state index < -0.39 is 0 Å². The van der Waals surface area contributed by atoms with Crippen LogP contribution in [0.1, 0.15) is 11.1 Å². The summed E-state index contributed by atoms with van der Waals surface area (Å²) in [7, 11) is 0. The third-order valence-corrected chi connectivity index (χ3v) is 2.61. The van der Waals surface area contributed by atoms with E-state index in [-0.39, 0.29) is 0 Å². The van der Waals surface area contributed by atoms with Gasteiger partial charge in [0.15, 0.2) is 0 Å². The Balaban J connectivity index is 2.37. The van der Waals surface area contributed by atoms with Crippen molar-refractivity contribution < 1.29 is 0 Å². The van der Waals surface area contributed by atoms with Crippen LogP contribution >= 0.6 is 12.2 Å². The molecule has 2 aromatic rings. The molecule has 0 spiro atoms. The number of rotatable bonds is 3. The summed E-state index contributed by atoms with van der Waals surface area (Å²) in [6, 6.07) is 3.72. The first-order chi connectivity index (χ1) is 8.18. The Bertz CT molecular complexity index is 554. The molecule has 2 rings (SSSR count). The fourth-order valence-corrected chi connectivity index (χ4v) is 1.63. The number of nitrogens with two attached hydrogens (primary N) is 1. The molecule has 2 aromatic heterocycles. The van der Waals surface area contributed by atoms with Crippen molar-refractivity contribution in [3.63, 3.8) is 0 Å². The molecule has 4 nitrogen and oxygen atoms in total. The summed E-state index contributed by atoms with van der Waals surface area (Å²) >= 11 is 4.99. The summed E-state index contributed by atoms with van der Waals surface area (Å²) in [5, 5.41) is 3.23. The van der Waals surface area contributed by atoms with E-state index in [1.54, 1.807) is 30.9 Å². The number of hydrogen-bond donors (Lipinski definition) is 2. The Hall–Kier alpha value is -2.01. The number of pyridine rings is 2. The molecule has 0 saturated carbocycles. The Kier molecular flexibility index (Phi) is 3.30. The molecule has 0 aromatic carbocycles. The molecule has 0 unspecified atom stereocenters. The Labute approximate surface area is 105 Å². The number of thiocarbonyl (C=S) groups is 1. The minimum atomic E-state index is 0.344. The molecular weight excluding hydrogens is 232 g/mol. The minimum Gasteiger partial charge on any atom is -0.389 e. The molecule has 0 fully saturated rings. The maximum absolute atomic E-state index is 5.65. The molecule has 0 aliphatic carbocycles. The SMILES string of the molecule is Cc1ccncc1Nc1cnccc1C(N)=S. The zero-order valence-electron chi connectivity index (χ0n) is 9.34. The van der Waals surface area contributed by atoms with E-state index in [0.29, 0.717) is 4.99 Å². The van der Waals surface area contributed by atoms with E-state index in [2.05, 4.69) is 15.3 Å². The van der Waals surface area contributed by atoms with E-state index in [1.807, 2.05) is 13.0 Å². The van der Waals surface area contributed by atoms with Gasteiger partial charge in [-0.25, -0.2) is 0 Å². The zero-order chi connectivity index (χ0) is 12.3. The first-order valence-electron chi connectivity index (χ1n) is 5.10. The van der Waals surface area contributed by atoms with Crippen molar-refractivity contribution in [1.82, 2.24) is 9.97 Å². The maximum atomic E-state index is 5.65. The summed E-state index contributed by atoms with van der Waals surface area (Å²) in [6.07, 6.45) is 6.86. The van der Waals surface area contributed by atoms with Gasteiger partial charge < -0.3 is 11.1 Å². The van der Waals surface area contributed by atoms with Gasteiger partial charge in [0.05, 0.1) is 23.8 Å². The normalized spacial score (nSPS) is 9.94. The fourth-order valence-electron chi connectivity index (χ4n) is 1.45. The van der Waals surface area contributed by atoms with Crippen molar-refractivity contribution >= 4 is 28.6 Å². The number of aryl methyl sites for hydroxylation is 1. The second kappa shape index (κ2) is 4.88. The number of hydrogen-bond acceptors (Lipinski definition) is 4. The lowest BCUT2D eigenvalue weighted by Gasteiger charge is -2.11. The molecular formula is C12H12N4S. The van der Waals surface area contributed by atoms with Gasteiger partial charge in [-0.2, -0.15) is 0 Å². The van der Waals surface area contributed by atoms with Crippen molar-refractivity contribution in [3.8, 4) is 0 Å². The van der Waals surface area contributed by atoms with Gasteiger partial charge in [-0.3, -0.25) is 9.97 Å². The lowest BCUT2D eigenvalue weighted by atomic mass is 10.2. The molecule has 17 heavy (non-hydrogen) atoms. The van der Waals surface area contributed by atoms with Crippen LogP contribution in [0.15, 0.2) is 36.9 Å². The largest absolute Gasteiger partial charge is 0.389 e. The number of nitrogens with one attached hydrogen (secondary N) is 1. The quantitative estimate of drug-likeness (QED) is 0.810. The van der Waals surface area contributed by atoms with Crippen LogP contribution in [0.3, 0.4) is 0 Å². The third kappa shape index (κ3) is 2.57. The summed E-state index contributed by atoms with van der Waals surface area (Å²) in [4.78, 5) is 8.47. The molecule has 0 atom stereocenters. The van der Waals surface area contributed by atoms with Gasteiger partial charge in [-0.05, 0) is 24.6 Å². The van der Waals surface area contributed by atoms with Crippen LogP contribution in [-0.2, 0) is 0 Å². The van der Waals surface area contributed by atoms with Gasteiger partial charge in [0.25, 0.3) is 0 Å². The topological polar surface area (TPSA) is 63.8 Å².